The number of aliphatic hydroxyl groups excluding tert-OH is 1. The molecule has 0 saturated carbocycles. The molecule has 1 heterocycles. The maximum absolute atomic E-state index is 11.9. The van der Waals surface area contributed by atoms with E-state index < -0.39 is 12.3 Å². The Morgan fingerprint density at radius 3 is 2.38 bits per heavy atom. The first-order chi connectivity index (χ1) is 11.7. The highest BCUT2D eigenvalue weighted by Crippen LogP contribution is 2.19. The quantitative estimate of drug-likeness (QED) is 0.849. The highest BCUT2D eigenvalue weighted by molar-refractivity contribution is 5.70. The molecule has 0 spiro atoms. The van der Waals surface area contributed by atoms with E-state index in [1.807, 2.05) is 60.7 Å². The molecule has 1 aliphatic rings. The predicted octanol–water partition coefficient (Wildman–Crippen LogP) is 2.59. The Hall–Kier alpha value is -2.37. The maximum atomic E-state index is 11.9. The lowest BCUT2D eigenvalue weighted by molar-refractivity contribution is -0.0499. The van der Waals surface area contributed by atoms with E-state index in [9.17, 15) is 9.90 Å². The van der Waals surface area contributed by atoms with Crippen molar-refractivity contribution in [3.8, 4) is 0 Å². The van der Waals surface area contributed by atoms with Gasteiger partial charge in [-0.25, -0.2) is 4.79 Å². The van der Waals surface area contributed by atoms with Gasteiger partial charge >= 0.3 is 6.09 Å². The number of carbonyl (C=O) groups is 1. The Morgan fingerprint density at radius 1 is 1.08 bits per heavy atom. The Kier molecular flexibility index (Phi) is 5.46. The van der Waals surface area contributed by atoms with Crippen molar-refractivity contribution >= 4 is 6.09 Å². The van der Waals surface area contributed by atoms with Gasteiger partial charge in [0.15, 0.2) is 6.23 Å². The van der Waals surface area contributed by atoms with E-state index in [2.05, 4.69) is 0 Å². The lowest BCUT2D eigenvalue weighted by Crippen LogP contribution is -2.45. The number of amides is 1. The summed E-state index contributed by atoms with van der Waals surface area (Å²) in [5.74, 6) is 0. The minimum atomic E-state index is -1.02. The summed E-state index contributed by atoms with van der Waals surface area (Å²) in [5.41, 5.74) is 2.12. The van der Waals surface area contributed by atoms with Crippen molar-refractivity contribution in [2.75, 3.05) is 13.2 Å². The van der Waals surface area contributed by atoms with Gasteiger partial charge in [-0.05, 0) is 17.5 Å². The summed E-state index contributed by atoms with van der Waals surface area (Å²) in [6.07, 6.45) is -0.869. The van der Waals surface area contributed by atoms with Gasteiger partial charge in [-0.15, -0.1) is 0 Å². The third kappa shape index (κ3) is 4.13. The summed E-state index contributed by atoms with van der Waals surface area (Å²) in [6.45, 7) is 0.725. The van der Waals surface area contributed by atoms with Crippen molar-refractivity contribution in [3.05, 3.63) is 71.8 Å². The molecule has 2 aromatic rings. The minimum absolute atomic E-state index is 0.0509. The topological polar surface area (TPSA) is 59.0 Å². The van der Waals surface area contributed by atoms with Gasteiger partial charge in [0.25, 0.3) is 0 Å². The SMILES string of the molecule is O=C1OC[C@H](Cc2ccccc2)N1C(O)COCc1ccccc1. The van der Waals surface area contributed by atoms with Gasteiger partial charge in [-0.1, -0.05) is 60.7 Å². The molecule has 0 radical (unpaired) electrons. The van der Waals surface area contributed by atoms with Crippen molar-refractivity contribution in [3.63, 3.8) is 0 Å². The second-order valence-corrected chi connectivity index (χ2v) is 5.81. The fourth-order valence-corrected chi connectivity index (χ4v) is 2.82. The van der Waals surface area contributed by atoms with Gasteiger partial charge in [0.2, 0.25) is 0 Å². The third-order valence-electron chi connectivity index (χ3n) is 4.02. The van der Waals surface area contributed by atoms with Gasteiger partial charge in [0.05, 0.1) is 19.3 Å². The number of cyclic esters (lactones) is 1. The summed E-state index contributed by atoms with van der Waals surface area (Å²) in [5, 5.41) is 10.3. The summed E-state index contributed by atoms with van der Waals surface area (Å²) >= 11 is 0. The number of rotatable bonds is 7. The van der Waals surface area contributed by atoms with Crippen LogP contribution < -0.4 is 0 Å². The van der Waals surface area contributed by atoms with E-state index in [4.69, 9.17) is 9.47 Å². The molecule has 0 aromatic heterocycles. The number of ether oxygens (including phenoxy) is 2. The summed E-state index contributed by atoms with van der Waals surface area (Å²) < 4.78 is 10.6. The van der Waals surface area contributed by atoms with Crippen LogP contribution >= 0.6 is 0 Å². The Labute approximate surface area is 141 Å². The monoisotopic (exact) mass is 327 g/mol. The zero-order chi connectivity index (χ0) is 16.8. The standard InChI is InChI=1S/C19H21NO4/c21-18(14-23-12-16-9-5-2-6-10-16)20-17(13-24-19(20)22)11-15-7-3-1-4-8-15/h1-10,17-18,21H,11-14H2/t17-,18?/m0/s1. The smallest absolute Gasteiger partial charge is 0.412 e. The number of hydrogen-bond donors (Lipinski definition) is 1. The molecule has 1 N–H and O–H groups in total. The molecule has 24 heavy (non-hydrogen) atoms. The van der Waals surface area contributed by atoms with E-state index in [0.717, 1.165) is 11.1 Å². The van der Waals surface area contributed by atoms with Crippen LogP contribution in [0.25, 0.3) is 0 Å². The Balaban J connectivity index is 1.55. The van der Waals surface area contributed by atoms with Crippen LogP contribution in [0, 0.1) is 0 Å². The molecule has 1 unspecified atom stereocenters. The first-order valence-electron chi connectivity index (χ1n) is 8.03. The largest absolute Gasteiger partial charge is 0.447 e. The fourth-order valence-electron chi connectivity index (χ4n) is 2.82. The molecule has 1 saturated heterocycles. The first kappa shape index (κ1) is 16.5. The summed E-state index contributed by atoms with van der Waals surface area (Å²) in [6, 6.07) is 19.4. The van der Waals surface area contributed by atoms with Crippen LogP contribution in [0.1, 0.15) is 11.1 Å². The van der Waals surface area contributed by atoms with E-state index in [-0.39, 0.29) is 19.3 Å². The number of nitrogens with zero attached hydrogens (tertiary/aromatic N) is 1. The van der Waals surface area contributed by atoms with Crippen molar-refractivity contribution in [1.82, 2.24) is 4.90 Å². The molecule has 1 amide bonds. The number of aliphatic hydroxyl groups is 1. The number of benzene rings is 2. The lowest BCUT2D eigenvalue weighted by atomic mass is 10.1. The lowest BCUT2D eigenvalue weighted by Gasteiger charge is -2.26. The zero-order valence-corrected chi connectivity index (χ0v) is 13.4. The highest BCUT2D eigenvalue weighted by Gasteiger charge is 2.37. The number of hydrogen-bond acceptors (Lipinski definition) is 4. The minimum Gasteiger partial charge on any atom is -0.447 e. The number of carbonyl (C=O) groups excluding carboxylic acids is 1. The fraction of sp³-hybridized carbons (Fsp3) is 0.316. The average molecular weight is 327 g/mol. The van der Waals surface area contributed by atoms with Crippen molar-refractivity contribution in [2.24, 2.45) is 0 Å². The molecule has 1 fully saturated rings. The Bertz CT molecular complexity index is 647. The van der Waals surface area contributed by atoms with Gasteiger partial charge < -0.3 is 14.6 Å². The summed E-state index contributed by atoms with van der Waals surface area (Å²) in [4.78, 5) is 13.3. The maximum Gasteiger partial charge on any atom is 0.412 e. The Morgan fingerprint density at radius 2 is 1.71 bits per heavy atom. The van der Waals surface area contributed by atoms with Gasteiger partial charge in [-0.2, -0.15) is 0 Å². The van der Waals surface area contributed by atoms with Crippen molar-refractivity contribution < 1.29 is 19.4 Å². The molecule has 5 heteroatoms. The molecule has 0 bridgehead atoms. The van der Waals surface area contributed by atoms with Crippen LogP contribution in [0.2, 0.25) is 0 Å². The highest BCUT2D eigenvalue weighted by atomic mass is 16.6. The predicted molar refractivity (Wildman–Crippen MR) is 89.2 cm³/mol. The molecule has 2 aromatic carbocycles. The van der Waals surface area contributed by atoms with Crippen LogP contribution in [0.4, 0.5) is 4.79 Å². The van der Waals surface area contributed by atoms with Crippen LogP contribution in [0.5, 0.6) is 0 Å². The van der Waals surface area contributed by atoms with Crippen molar-refractivity contribution in [2.45, 2.75) is 25.3 Å². The molecule has 1 aliphatic heterocycles. The van der Waals surface area contributed by atoms with E-state index in [0.29, 0.717) is 13.0 Å². The second kappa shape index (κ2) is 7.95. The first-order valence-corrected chi connectivity index (χ1v) is 8.03. The second-order valence-electron chi connectivity index (χ2n) is 5.81. The van der Waals surface area contributed by atoms with Crippen LogP contribution in [0.3, 0.4) is 0 Å². The van der Waals surface area contributed by atoms with Crippen LogP contribution in [-0.2, 0) is 22.5 Å². The molecule has 3 rings (SSSR count). The zero-order valence-electron chi connectivity index (χ0n) is 13.4. The summed E-state index contributed by atoms with van der Waals surface area (Å²) in [7, 11) is 0. The third-order valence-corrected chi connectivity index (χ3v) is 4.02. The van der Waals surface area contributed by atoms with E-state index >= 15 is 0 Å². The van der Waals surface area contributed by atoms with Gasteiger partial charge in [-0.3, -0.25) is 4.90 Å². The molecular formula is C19H21NO4. The van der Waals surface area contributed by atoms with Crippen LogP contribution in [0.15, 0.2) is 60.7 Å². The van der Waals surface area contributed by atoms with E-state index in [1.165, 1.54) is 4.90 Å². The molecule has 126 valence electrons. The van der Waals surface area contributed by atoms with E-state index in [1.54, 1.807) is 0 Å². The normalized spacial score (nSPS) is 18.5. The van der Waals surface area contributed by atoms with Crippen LogP contribution in [-0.4, -0.2) is 41.6 Å². The van der Waals surface area contributed by atoms with Crippen molar-refractivity contribution in [1.29, 1.82) is 0 Å². The molecule has 0 aliphatic carbocycles. The van der Waals surface area contributed by atoms with Gasteiger partial charge in [0, 0.05) is 0 Å². The average Bonchev–Trinajstić information content (AvgIpc) is 2.97. The van der Waals surface area contributed by atoms with Gasteiger partial charge in [0.1, 0.15) is 6.61 Å². The molecular weight excluding hydrogens is 306 g/mol. The molecule has 5 nitrogen and oxygen atoms in total. The molecule has 2 atom stereocenters.